The number of hydrogen-bond acceptors (Lipinski definition) is 2. The van der Waals surface area contributed by atoms with Crippen LogP contribution in [0.4, 0.5) is 5.69 Å². The minimum absolute atomic E-state index is 0.539. The largest absolute Gasteiger partial charge is 0.399 e. The van der Waals surface area contributed by atoms with Gasteiger partial charge in [-0.2, -0.15) is 0 Å². The summed E-state index contributed by atoms with van der Waals surface area (Å²) in [5.74, 6) is 1.10. The van der Waals surface area contributed by atoms with E-state index in [1.165, 1.54) is 17.5 Å². The minimum Gasteiger partial charge on any atom is -0.399 e. The molecule has 1 aliphatic rings. The highest BCUT2D eigenvalue weighted by molar-refractivity contribution is 5.43. The Balaban J connectivity index is 1.93. The number of rotatable bonds is 2. The fourth-order valence-electron chi connectivity index (χ4n) is 3.10. The Morgan fingerprint density at radius 3 is 2.47 bits per heavy atom. The Morgan fingerprint density at radius 2 is 1.68 bits per heavy atom. The first kappa shape index (κ1) is 12.2. The molecular formula is C17H20N2. The predicted octanol–water partition coefficient (Wildman–Crippen LogP) is 3.13. The molecule has 0 saturated carbocycles. The first-order valence-electron chi connectivity index (χ1n) is 6.96. The third kappa shape index (κ3) is 2.64. The quantitative estimate of drug-likeness (QED) is 0.806. The molecule has 2 atom stereocenters. The van der Waals surface area contributed by atoms with E-state index in [0.29, 0.717) is 11.8 Å². The number of nitrogens with one attached hydrogen (secondary N) is 1. The minimum atomic E-state index is 0.539. The fraction of sp³-hybridized carbons (Fsp3) is 0.294. The van der Waals surface area contributed by atoms with Crippen LogP contribution in [0.15, 0.2) is 54.6 Å². The lowest BCUT2D eigenvalue weighted by Crippen LogP contribution is -2.34. The van der Waals surface area contributed by atoms with Gasteiger partial charge in [0, 0.05) is 18.2 Å². The highest BCUT2D eigenvalue weighted by Crippen LogP contribution is 2.37. The van der Waals surface area contributed by atoms with E-state index in [1.807, 2.05) is 6.07 Å². The molecule has 2 aromatic carbocycles. The first-order chi connectivity index (χ1) is 9.34. The van der Waals surface area contributed by atoms with E-state index in [4.69, 9.17) is 5.73 Å². The van der Waals surface area contributed by atoms with E-state index in [9.17, 15) is 0 Å². The smallest absolute Gasteiger partial charge is 0.0316 e. The molecule has 1 fully saturated rings. The molecule has 0 aliphatic carbocycles. The van der Waals surface area contributed by atoms with Crippen molar-refractivity contribution >= 4 is 5.69 Å². The average molecular weight is 252 g/mol. The summed E-state index contributed by atoms with van der Waals surface area (Å²) in [6.07, 6.45) is 1.17. The summed E-state index contributed by atoms with van der Waals surface area (Å²) in [7, 11) is 0. The summed E-state index contributed by atoms with van der Waals surface area (Å²) < 4.78 is 0. The molecule has 0 bridgehead atoms. The van der Waals surface area contributed by atoms with Crippen molar-refractivity contribution in [1.29, 1.82) is 0 Å². The summed E-state index contributed by atoms with van der Waals surface area (Å²) in [4.78, 5) is 0. The zero-order valence-corrected chi connectivity index (χ0v) is 11.0. The van der Waals surface area contributed by atoms with Crippen LogP contribution in [0.2, 0.25) is 0 Å². The number of nitrogens with two attached hydrogens (primary N) is 1. The van der Waals surface area contributed by atoms with Gasteiger partial charge in [0.05, 0.1) is 0 Å². The average Bonchev–Trinajstić information content (AvgIpc) is 2.48. The zero-order chi connectivity index (χ0) is 13.1. The van der Waals surface area contributed by atoms with Gasteiger partial charge in [-0.15, -0.1) is 0 Å². The number of benzene rings is 2. The molecule has 2 aromatic rings. The lowest BCUT2D eigenvalue weighted by atomic mass is 9.77. The van der Waals surface area contributed by atoms with Crippen molar-refractivity contribution in [2.75, 3.05) is 18.8 Å². The van der Waals surface area contributed by atoms with Crippen molar-refractivity contribution in [3.05, 3.63) is 65.7 Å². The van der Waals surface area contributed by atoms with E-state index in [-0.39, 0.29) is 0 Å². The molecule has 1 aliphatic heterocycles. The number of hydrogen-bond donors (Lipinski definition) is 2. The van der Waals surface area contributed by atoms with Crippen molar-refractivity contribution in [1.82, 2.24) is 5.32 Å². The van der Waals surface area contributed by atoms with Gasteiger partial charge in [0.1, 0.15) is 0 Å². The molecule has 2 nitrogen and oxygen atoms in total. The van der Waals surface area contributed by atoms with Crippen molar-refractivity contribution < 1.29 is 0 Å². The first-order valence-corrected chi connectivity index (χ1v) is 6.96. The van der Waals surface area contributed by atoms with Gasteiger partial charge in [-0.25, -0.2) is 0 Å². The highest BCUT2D eigenvalue weighted by atomic mass is 14.9. The SMILES string of the molecule is Nc1cccc([C@H]2CCNC[C@H]2c2ccccc2)c1. The maximum atomic E-state index is 5.93. The van der Waals surface area contributed by atoms with Gasteiger partial charge in [-0.05, 0) is 42.1 Å². The maximum Gasteiger partial charge on any atom is 0.0316 e. The fourth-order valence-corrected chi connectivity index (χ4v) is 3.10. The van der Waals surface area contributed by atoms with E-state index in [1.54, 1.807) is 0 Å². The second kappa shape index (κ2) is 5.45. The molecule has 98 valence electrons. The molecule has 1 heterocycles. The van der Waals surface area contributed by atoms with Crippen molar-refractivity contribution in [2.45, 2.75) is 18.3 Å². The number of anilines is 1. The maximum absolute atomic E-state index is 5.93. The van der Waals surface area contributed by atoms with Crippen LogP contribution >= 0.6 is 0 Å². The highest BCUT2D eigenvalue weighted by Gasteiger charge is 2.27. The van der Waals surface area contributed by atoms with Gasteiger partial charge in [0.2, 0.25) is 0 Å². The van der Waals surface area contributed by atoms with Gasteiger partial charge in [-0.3, -0.25) is 0 Å². The standard InChI is InChI=1S/C17H20N2/c18-15-8-4-7-14(11-15)16-9-10-19-12-17(16)13-5-2-1-3-6-13/h1-8,11,16-17,19H,9-10,12,18H2/t16-,17+/m1/s1. The third-order valence-electron chi connectivity index (χ3n) is 4.05. The molecular weight excluding hydrogens is 232 g/mol. The second-order valence-corrected chi connectivity index (χ2v) is 5.29. The molecule has 0 spiro atoms. The van der Waals surface area contributed by atoms with Crippen molar-refractivity contribution in [2.24, 2.45) is 0 Å². The van der Waals surface area contributed by atoms with Gasteiger partial charge in [0.15, 0.2) is 0 Å². The van der Waals surface area contributed by atoms with E-state index in [0.717, 1.165) is 18.8 Å². The van der Waals surface area contributed by atoms with E-state index in [2.05, 4.69) is 53.8 Å². The molecule has 2 heteroatoms. The third-order valence-corrected chi connectivity index (χ3v) is 4.05. The zero-order valence-electron chi connectivity index (χ0n) is 11.0. The molecule has 1 saturated heterocycles. The van der Waals surface area contributed by atoms with E-state index >= 15 is 0 Å². The molecule has 19 heavy (non-hydrogen) atoms. The van der Waals surface area contributed by atoms with Gasteiger partial charge in [-0.1, -0.05) is 42.5 Å². The Kier molecular flexibility index (Phi) is 3.51. The van der Waals surface area contributed by atoms with Crippen molar-refractivity contribution in [3.8, 4) is 0 Å². The van der Waals surface area contributed by atoms with Crippen LogP contribution in [0.3, 0.4) is 0 Å². The molecule has 0 amide bonds. The van der Waals surface area contributed by atoms with Crippen LogP contribution in [-0.2, 0) is 0 Å². The van der Waals surface area contributed by atoms with E-state index < -0.39 is 0 Å². The summed E-state index contributed by atoms with van der Waals surface area (Å²) in [6, 6.07) is 19.2. The van der Waals surface area contributed by atoms with Gasteiger partial charge < -0.3 is 11.1 Å². The summed E-state index contributed by atoms with van der Waals surface area (Å²) in [5, 5.41) is 3.52. The monoisotopic (exact) mass is 252 g/mol. The molecule has 0 aromatic heterocycles. The van der Waals surface area contributed by atoms with Gasteiger partial charge >= 0.3 is 0 Å². The Morgan fingerprint density at radius 1 is 0.895 bits per heavy atom. The van der Waals surface area contributed by atoms with Crippen LogP contribution in [0.5, 0.6) is 0 Å². The summed E-state index contributed by atoms with van der Waals surface area (Å²) >= 11 is 0. The Hall–Kier alpha value is -1.80. The lowest BCUT2D eigenvalue weighted by molar-refractivity contribution is 0.404. The van der Waals surface area contributed by atoms with Crippen LogP contribution in [0.25, 0.3) is 0 Å². The number of nitrogen functional groups attached to an aromatic ring is 1. The topological polar surface area (TPSA) is 38.0 Å². The van der Waals surface area contributed by atoms with Crippen LogP contribution in [-0.4, -0.2) is 13.1 Å². The number of piperidine rings is 1. The van der Waals surface area contributed by atoms with Crippen molar-refractivity contribution in [3.63, 3.8) is 0 Å². The Bertz CT molecular complexity index is 536. The Labute approximate surface area is 114 Å². The molecule has 0 unspecified atom stereocenters. The summed E-state index contributed by atoms with van der Waals surface area (Å²) in [5.41, 5.74) is 9.59. The van der Waals surface area contributed by atoms with Crippen LogP contribution in [0, 0.1) is 0 Å². The normalized spacial score (nSPS) is 23.2. The predicted molar refractivity (Wildman–Crippen MR) is 80.3 cm³/mol. The summed E-state index contributed by atoms with van der Waals surface area (Å²) in [6.45, 7) is 2.13. The lowest BCUT2D eigenvalue weighted by Gasteiger charge is -2.33. The van der Waals surface area contributed by atoms with Gasteiger partial charge in [0.25, 0.3) is 0 Å². The second-order valence-electron chi connectivity index (χ2n) is 5.29. The van der Waals surface area contributed by atoms with Crippen LogP contribution < -0.4 is 11.1 Å². The van der Waals surface area contributed by atoms with Crippen LogP contribution in [0.1, 0.15) is 29.4 Å². The molecule has 0 radical (unpaired) electrons. The molecule has 3 rings (SSSR count). The molecule has 3 N–H and O–H groups in total.